The number of hydrogen-bond donors (Lipinski definition) is 1. The molecule has 1 fully saturated rings. The van der Waals surface area contributed by atoms with E-state index in [2.05, 4.69) is 25.6 Å². The molecule has 0 amide bonds. The topological polar surface area (TPSA) is 68.3 Å². The summed E-state index contributed by atoms with van der Waals surface area (Å²) in [7, 11) is -2.09. The Morgan fingerprint density at radius 1 is 1.58 bits per heavy atom. The zero-order valence-corrected chi connectivity index (χ0v) is 13.5. The van der Waals surface area contributed by atoms with Crippen molar-refractivity contribution in [2.24, 2.45) is 0 Å². The van der Waals surface area contributed by atoms with Gasteiger partial charge < -0.3 is 4.74 Å². The van der Waals surface area contributed by atoms with Crippen LogP contribution in [0, 0.1) is 0 Å². The standard InChI is InChI=1S/C11H14BrClN2O3S/c1-18-11(3-2-4-11)7-15-19(16,17)9-5-8(12)6-14-10(9)13/h5-6,15H,2-4,7H2,1H3. The molecule has 2 rings (SSSR count). The minimum absolute atomic E-state index is 0.0332. The predicted octanol–water partition coefficient (Wildman–Crippen LogP) is 2.34. The lowest BCUT2D eigenvalue weighted by atomic mass is 9.80. The normalized spacial score (nSPS) is 18.1. The first-order chi connectivity index (χ1) is 8.88. The van der Waals surface area contributed by atoms with E-state index >= 15 is 0 Å². The lowest BCUT2D eigenvalue weighted by molar-refractivity contribution is -0.0659. The number of aromatic nitrogens is 1. The molecule has 1 aromatic heterocycles. The maximum Gasteiger partial charge on any atom is 0.243 e. The number of halogens is 2. The van der Waals surface area contributed by atoms with E-state index in [0.29, 0.717) is 4.47 Å². The van der Waals surface area contributed by atoms with Crippen LogP contribution >= 0.6 is 27.5 Å². The third kappa shape index (κ3) is 3.28. The van der Waals surface area contributed by atoms with Crippen molar-refractivity contribution in [3.63, 3.8) is 0 Å². The Kier molecular flexibility index (Phi) is 4.52. The van der Waals surface area contributed by atoms with E-state index in [-0.39, 0.29) is 22.2 Å². The van der Waals surface area contributed by atoms with Crippen molar-refractivity contribution in [1.82, 2.24) is 9.71 Å². The molecule has 1 aromatic rings. The van der Waals surface area contributed by atoms with Crippen LogP contribution in [0.5, 0.6) is 0 Å². The van der Waals surface area contributed by atoms with Crippen LogP contribution in [-0.4, -0.2) is 32.7 Å². The Labute approximate surface area is 125 Å². The molecule has 0 bridgehead atoms. The van der Waals surface area contributed by atoms with Gasteiger partial charge in [0.2, 0.25) is 10.0 Å². The molecule has 19 heavy (non-hydrogen) atoms. The van der Waals surface area contributed by atoms with Crippen LogP contribution < -0.4 is 4.72 Å². The van der Waals surface area contributed by atoms with Crippen molar-refractivity contribution in [2.75, 3.05) is 13.7 Å². The van der Waals surface area contributed by atoms with Gasteiger partial charge in [-0.2, -0.15) is 0 Å². The third-order valence-corrected chi connectivity index (χ3v) is 5.61. The van der Waals surface area contributed by atoms with Gasteiger partial charge in [0.05, 0.1) is 5.60 Å². The van der Waals surface area contributed by atoms with Gasteiger partial charge in [-0.05, 0) is 41.3 Å². The fourth-order valence-electron chi connectivity index (χ4n) is 1.92. The third-order valence-electron chi connectivity index (χ3n) is 3.35. The Hall–Kier alpha value is -0.210. The number of ether oxygens (including phenoxy) is 1. The summed E-state index contributed by atoms with van der Waals surface area (Å²) in [6.07, 6.45) is 4.21. The molecule has 8 heteroatoms. The number of nitrogens with one attached hydrogen (secondary N) is 1. The molecule has 106 valence electrons. The summed E-state index contributed by atoms with van der Waals surface area (Å²) in [5.41, 5.74) is -0.376. The van der Waals surface area contributed by atoms with E-state index in [1.165, 1.54) is 12.3 Å². The molecule has 0 aromatic carbocycles. The molecule has 0 atom stereocenters. The Morgan fingerprint density at radius 3 is 2.79 bits per heavy atom. The van der Waals surface area contributed by atoms with Gasteiger partial charge in [0.15, 0.2) is 0 Å². The van der Waals surface area contributed by atoms with Gasteiger partial charge in [-0.15, -0.1) is 0 Å². The van der Waals surface area contributed by atoms with Gasteiger partial charge in [0.25, 0.3) is 0 Å². The molecule has 1 saturated carbocycles. The highest BCUT2D eigenvalue weighted by Crippen LogP contribution is 2.34. The summed E-state index contributed by atoms with van der Waals surface area (Å²) in [6, 6.07) is 1.43. The molecule has 1 heterocycles. The first-order valence-corrected chi connectivity index (χ1v) is 8.40. The van der Waals surface area contributed by atoms with Crippen molar-refractivity contribution in [1.29, 1.82) is 0 Å². The maximum atomic E-state index is 12.2. The van der Waals surface area contributed by atoms with Crippen LogP contribution in [-0.2, 0) is 14.8 Å². The summed E-state index contributed by atoms with van der Waals surface area (Å²) in [4.78, 5) is 3.78. The first-order valence-electron chi connectivity index (χ1n) is 5.74. The van der Waals surface area contributed by atoms with Crippen LogP contribution in [0.1, 0.15) is 19.3 Å². The number of methoxy groups -OCH3 is 1. The SMILES string of the molecule is COC1(CNS(=O)(=O)c2cc(Br)cnc2Cl)CCC1. The first kappa shape index (κ1) is 15.2. The van der Waals surface area contributed by atoms with Crippen LogP contribution in [0.2, 0.25) is 5.15 Å². The zero-order chi connectivity index (χ0) is 14.1. The summed E-state index contributed by atoms with van der Waals surface area (Å²) in [6.45, 7) is 0.245. The molecule has 1 aliphatic rings. The van der Waals surface area contributed by atoms with Gasteiger partial charge >= 0.3 is 0 Å². The van der Waals surface area contributed by atoms with Gasteiger partial charge in [-0.3, -0.25) is 0 Å². The van der Waals surface area contributed by atoms with E-state index in [0.717, 1.165) is 19.3 Å². The Morgan fingerprint density at radius 2 is 2.26 bits per heavy atom. The summed E-state index contributed by atoms with van der Waals surface area (Å²) in [5.74, 6) is 0. The minimum atomic E-state index is -3.69. The minimum Gasteiger partial charge on any atom is -0.377 e. The molecular weight excluding hydrogens is 356 g/mol. The quantitative estimate of drug-likeness (QED) is 0.809. The molecule has 0 unspecified atom stereocenters. The summed E-state index contributed by atoms with van der Waals surface area (Å²) in [5, 5.41) is -0.0456. The fraction of sp³-hybridized carbons (Fsp3) is 0.545. The summed E-state index contributed by atoms with van der Waals surface area (Å²) < 4.78 is 32.9. The largest absolute Gasteiger partial charge is 0.377 e. The monoisotopic (exact) mass is 368 g/mol. The smallest absolute Gasteiger partial charge is 0.243 e. The highest BCUT2D eigenvalue weighted by molar-refractivity contribution is 9.10. The van der Waals surface area contributed by atoms with Crippen LogP contribution in [0.15, 0.2) is 21.6 Å². The number of rotatable bonds is 5. The van der Waals surface area contributed by atoms with E-state index < -0.39 is 10.0 Å². The maximum absolute atomic E-state index is 12.2. The molecule has 0 aliphatic heterocycles. The average Bonchev–Trinajstić information content (AvgIpc) is 2.31. The second kappa shape index (κ2) is 5.65. The van der Waals surface area contributed by atoms with Crippen molar-refractivity contribution < 1.29 is 13.2 Å². The van der Waals surface area contributed by atoms with E-state index in [9.17, 15) is 8.42 Å². The molecule has 5 nitrogen and oxygen atoms in total. The van der Waals surface area contributed by atoms with Crippen LogP contribution in [0.3, 0.4) is 0 Å². The summed E-state index contributed by atoms with van der Waals surface area (Å²) >= 11 is 9.01. The molecular formula is C11H14BrClN2O3S. The molecule has 0 saturated heterocycles. The van der Waals surface area contributed by atoms with Crippen molar-refractivity contribution in [2.45, 2.75) is 29.8 Å². The number of hydrogen-bond acceptors (Lipinski definition) is 4. The number of sulfonamides is 1. The van der Waals surface area contributed by atoms with Crippen molar-refractivity contribution >= 4 is 37.6 Å². The number of nitrogens with zero attached hydrogens (tertiary/aromatic N) is 1. The van der Waals surface area contributed by atoms with Gasteiger partial charge in [-0.25, -0.2) is 18.1 Å². The number of pyridine rings is 1. The lowest BCUT2D eigenvalue weighted by Gasteiger charge is -2.40. The highest BCUT2D eigenvalue weighted by Gasteiger charge is 2.38. The van der Waals surface area contributed by atoms with E-state index in [4.69, 9.17) is 16.3 Å². The van der Waals surface area contributed by atoms with E-state index in [1.807, 2.05) is 0 Å². The molecule has 1 aliphatic carbocycles. The fourth-order valence-corrected chi connectivity index (χ4v) is 3.98. The Bertz CT molecular complexity index is 570. The second-order valence-electron chi connectivity index (χ2n) is 4.51. The molecule has 0 radical (unpaired) electrons. The van der Waals surface area contributed by atoms with Crippen molar-refractivity contribution in [3.05, 3.63) is 21.9 Å². The zero-order valence-electron chi connectivity index (χ0n) is 10.3. The van der Waals surface area contributed by atoms with Crippen LogP contribution in [0.25, 0.3) is 0 Å². The van der Waals surface area contributed by atoms with Gasteiger partial charge in [0, 0.05) is 24.3 Å². The predicted molar refractivity (Wildman–Crippen MR) is 75.7 cm³/mol. The van der Waals surface area contributed by atoms with E-state index in [1.54, 1.807) is 7.11 Å². The molecule has 0 spiro atoms. The molecule has 1 N–H and O–H groups in total. The van der Waals surface area contributed by atoms with Crippen molar-refractivity contribution in [3.8, 4) is 0 Å². The van der Waals surface area contributed by atoms with Gasteiger partial charge in [0.1, 0.15) is 10.0 Å². The highest BCUT2D eigenvalue weighted by atomic mass is 79.9. The second-order valence-corrected chi connectivity index (χ2v) is 7.52. The Balaban J connectivity index is 2.16. The lowest BCUT2D eigenvalue weighted by Crippen LogP contribution is -2.49. The average molecular weight is 370 g/mol. The van der Waals surface area contributed by atoms with Gasteiger partial charge in [-0.1, -0.05) is 11.6 Å². The van der Waals surface area contributed by atoms with Crippen LogP contribution in [0.4, 0.5) is 0 Å².